The Morgan fingerprint density at radius 1 is 1.12 bits per heavy atom. The molecule has 1 aromatic heterocycles. The third-order valence-corrected chi connectivity index (χ3v) is 3.90. The highest BCUT2D eigenvalue weighted by molar-refractivity contribution is 6.33. The Kier molecular flexibility index (Phi) is 5.43. The van der Waals surface area contributed by atoms with E-state index in [0.717, 1.165) is 5.56 Å². The van der Waals surface area contributed by atoms with E-state index in [9.17, 15) is 9.18 Å². The van der Waals surface area contributed by atoms with Crippen molar-refractivity contribution in [1.29, 1.82) is 0 Å². The molecule has 1 heterocycles. The smallest absolute Gasteiger partial charge is 0.270 e. The standard InChI is InChI=1S/C19H16ClFN4O/c1-12-10-17(18(26)22-11-13-6-8-14(21)9-7-13)25-19(23-12)24-16-5-3-2-4-15(16)20/h2-10H,11H2,1H3,(H,22,26)(H,23,24,25). The van der Waals surface area contributed by atoms with E-state index in [4.69, 9.17) is 11.6 Å². The second-order valence-electron chi connectivity index (χ2n) is 5.63. The highest BCUT2D eigenvalue weighted by Crippen LogP contribution is 2.23. The van der Waals surface area contributed by atoms with Gasteiger partial charge in [0.2, 0.25) is 5.95 Å². The van der Waals surface area contributed by atoms with Crippen LogP contribution in [-0.2, 0) is 6.54 Å². The van der Waals surface area contributed by atoms with Crippen molar-refractivity contribution in [1.82, 2.24) is 15.3 Å². The van der Waals surface area contributed by atoms with Gasteiger partial charge in [-0.2, -0.15) is 0 Å². The van der Waals surface area contributed by atoms with Gasteiger partial charge in [-0.15, -0.1) is 0 Å². The average Bonchev–Trinajstić information content (AvgIpc) is 2.62. The van der Waals surface area contributed by atoms with Gasteiger partial charge in [-0.05, 0) is 42.8 Å². The van der Waals surface area contributed by atoms with Crippen molar-refractivity contribution in [2.75, 3.05) is 5.32 Å². The predicted molar refractivity (Wildman–Crippen MR) is 99.1 cm³/mol. The number of benzene rings is 2. The molecule has 0 unspecified atom stereocenters. The molecule has 0 aliphatic heterocycles. The molecule has 0 fully saturated rings. The molecule has 2 aromatic carbocycles. The monoisotopic (exact) mass is 370 g/mol. The fourth-order valence-electron chi connectivity index (χ4n) is 2.30. The SMILES string of the molecule is Cc1cc(C(=O)NCc2ccc(F)cc2)nc(Nc2ccccc2Cl)n1. The lowest BCUT2D eigenvalue weighted by atomic mass is 10.2. The van der Waals surface area contributed by atoms with Crippen LogP contribution in [0.2, 0.25) is 5.02 Å². The molecule has 0 saturated heterocycles. The molecule has 0 aliphatic rings. The van der Waals surface area contributed by atoms with Crippen LogP contribution in [0.15, 0.2) is 54.6 Å². The topological polar surface area (TPSA) is 66.9 Å². The average molecular weight is 371 g/mol. The number of aromatic nitrogens is 2. The fraction of sp³-hybridized carbons (Fsp3) is 0.105. The van der Waals surface area contributed by atoms with Crippen LogP contribution in [0.5, 0.6) is 0 Å². The van der Waals surface area contributed by atoms with Gasteiger partial charge in [0.1, 0.15) is 11.5 Å². The van der Waals surface area contributed by atoms with Gasteiger partial charge in [0.15, 0.2) is 0 Å². The molecule has 1 amide bonds. The normalized spacial score (nSPS) is 10.4. The summed E-state index contributed by atoms with van der Waals surface area (Å²) in [5, 5.41) is 6.30. The molecule has 3 aromatic rings. The maximum Gasteiger partial charge on any atom is 0.270 e. The van der Waals surface area contributed by atoms with Gasteiger partial charge >= 0.3 is 0 Å². The highest BCUT2D eigenvalue weighted by Gasteiger charge is 2.11. The molecule has 3 rings (SSSR count). The first-order valence-corrected chi connectivity index (χ1v) is 8.29. The van der Waals surface area contributed by atoms with Gasteiger partial charge in [0.25, 0.3) is 5.91 Å². The predicted octanol–water partition coefficient (Wildman–Crippen LogP) is 4.25. The number of hydrogen-bond acceptors (Lipinski definition) is 4. The van der Waals surface area contributed by atoms with Gasteiger partial charge < -0.3 is 10.6 Å². The van der Waals surface area contributed by atoms with Gasteiger partial charge in [0.05, 0.1) is 10.7 Å². The zero-order valence-electron chi connectivity index (χ0n) is 14.0. The molecule has 0 bridgehead atoms. The number of aryl methyl sites for hydroxylation is 1. The fourth-order valence-corrected chi connectivity index (χ4v) is 2.48. The summed E-state index contributed by atoms with van der Waals surface area (Å²) in [4.78, 5) is 20.9. The van der Waals surface area contributed by atoms with Crippen molar-refractivity contribution in [3.05, 3.63) is 82.4 Å². The molecule has 26 heavy (non-hydrogen) atoms. The van der Waals surface area contributed by atoms with Crippen molar-refractivity contribution in [3.63, 3.8) is 0 Å². The molecule has 5 nitrogen and oxygen atoms in total. The lowest BCUT2D eigenvalue weighted by molar-refractivity contribution is 0.0945. The van der Waals surface area contributed by atoms with Crippen LogP contribution in [-0.4, -0.2) is 15.9 Å². The molecule has 0 saturated carbocycles. The molecular formula is C19H16ClFN4O. The van der Waals surface area contributed by atoms with Gasteiger partial charge in [-0.25, -0.2) is 14.4 Å². The van der Waals surface area contributed by atoms with Crippen molar-refractivity contribution in [2.45, 2.75) is 13.5 Å². The van der Waals surface area contributed by atoms with E-state index in [0.29, 0.717) is 16.4 Å². The van der Waals surface area contributed by atoms with Crippen LogP contribution in [0.1, 0.15) is 21.7 Å². The Balaban J connectivity index is 1.73. The minimum atomic E-state index is -0.345. The van der Waals surface area contributed by atoms with E-state index in [2.05, 4.69) is 20.6 Å². The molecule has 0 atom stereocenters. The Hall–Kier alpha value is -2.99. The number of carbonyl (C=O) groups is 1. The van der Waals surface area contributed by atoms with E-state index in [-0.39, 0.29) is 29.9 Å². The van der Waals surface area contributed by atoms with Crippen LogP contribution in [0, 0.1) is 12.7 Å². The van der Waals surface area contributed by atoms with Crippen LogP contribution < -0.4 is 10.6 Å². The molecule has 132 valence electrons. The summed E-state index contributed by atoms with van der Waals surface area (Å²) in [7, 11) is 0. The third kappa shape index (κ3) is 4.55. The van der Waals surface area contributed by atoms with E-state index in [1.165, 1.54) is 12.1 Å². The second kappa shape index (κ2) is 7.93. The summed E-state index contributed by atoms with van der Waals surface area (Å²) in [6, 6.07) is 14.7. The quantitative estimate of drug-likeness (QED) is 0.704. The summed E-state index contributed by atoms with van der Waals surface area (Å²) >= 11 is 6.12. The largest absolute Gasteiger partial charge is 0.347 e. The second-order valence-corrected chi connectivity index (χ2v) is 6.04. The Bertz CT molecular complexity index is 931. The van der Waals surface area contributed by atoms with Gasteiger partial charge in [-0.1, -0.05) is 35.9 Å². The van der Waals surface area contributed by atoms with Crippen LogP contribution >= 0.6 is 11.6 Å². The van der Waals surface area contributed by atoms with Crippen molar-refractivity contribution in [2.24, 2.45) is 0 Å². The Morgan fingerprint density at radius 2 is 1.85 bits per heavy atom. The number of hydrogen-bond donors (Lipinski definition) is 2. The van der Waals surface area contributed by atoms with Gasteiger partial charge in [-0.3, -0.25) is 4.79 Å². The highest BCUT2D eigenvalue weighted by atomic mass is 35.5. The first-order chi connectivity index (χ1) is 12.5. The van der Waals surface area contributed by atoms with E-state index < -0.39 is 0 Å². The number of nitrogens with zero attached hydrogens (tertiary/aromatic N) is 2. The summed E-state index contributed by atoms with van der Waals surface area (Å²) in [5.41, 5.74) is 2.31. The zero-order valence-corrected chi connectivity index (χ0v) is 14.7. The van der Waals surface area contributed by atoms with E-state index in [1.807, 2.05) is 12.1 Å². The number of carbonyl (C=O) groups excluding carboxylic acids is 1. The Labute approximate surface area is 155 Å². The van der Waals surface area contributed by atoms with Crippen molar-refractivity contribution >= 4 is 29.1 Å². The first kappa shape index (κ1) is 17.8. The van der Waals surface area contributed by atoms with Crippen molar-refractivity contribution < 1.29 is 9.18 Å². The molecular weight excluding hydrogens is 355 g/mol. The van der Waals surface area contributed by atoms with Crippen molar-refractivity contribution in [3.8, 4) is 0 Å². The zero-order chi connectivity index (χ0) is 18.5. The van der Waals surface area contributed by atoms with E-state index >= 15 is 0 Å². The lowest BCUT2D eigenvalue weighted by Crippen LogP contribution is -2.24. The summed E-state index contributed by atoms with van der Waals surface area (Å²) in [6.07, 6.45) is 0. The third-order valence-electron chi connectivity index (χ3n) is 3.57. The molecule has 7 heteroatoms. The number of nitrogens with one attached hydrogen (secondary N) is 2. The van der Waals surface area contributed by atoms with E-state index in [1.54, 1.807) is 37.3 Å². The number of halogens is 2. The number of amides is 1. The maximum absolute atomic E-state index is 12.9. The number of rotatable bonds is 5. The minimum Gasteiger partial charge on any atom is -0.347 e. The first-order valence-electron chi connectivity index (χ1n) is 7.91. The lowest BCUT2D eigenvalue weighted by Gasteiger charge is -2.10. The van der Waals surface area contributed by atoms with Crippen LogP contribution in [0.4, 0.5) is 16.0 Å². The summed E-state index contributed by atoms with van der Waals surface area (Å²) in [5.74, 6) is -0.381. The molecule has 0 radical (unpaired) electrons. The molecule has 0 spiro atoms. The summed E-state index contributed by atoms with van der Waals surface area (Å²) in [6.45, 7) is 2.05. The summed E-state index contributed by atoms with van der Waals surface area (Å²) < 4.78 is 12.9. The van der Waals surface area contributed by atoms with Crippen LogP contribution in [0.25, 0.3) is 0 Å². The Morgan fingerprint density at radius 3 is 2.58 bits per heavy atom. The minimum absolute atomic E-state index is 0.231. The maximum atomic E-state index is 12.9. The number of para-hydroxylation sites is 1. The van der Waals surface area contributed by atoms with Gasteiger partial charge in [0, 0.05) is 12.2 Å². The van der Waals surface area contributed by atoms with Crippen LogP contribution in [0.3, 0.4) is 0 Å². The molecule has 2 N–H and O–H groups in total. The molecule has 0 aliphatic carbocycles. The number of anilines is 2.